The van der Waals surface area contributed by atoms with Gasteiger partial charge >= 0.3 is 5.97 Å². The third kappa shape index (κ3) is 2.87. The molecule has 24 heavy (non-hydrogen) atoms. The number of hydrogen-bond acceptors (Lipinski definition) is 3. The van der Waals surface area contributed by atoms with Gasteiger partial charge in [-0.25, -0.2) is 18.6 Å². The molecule has 0 saturated heterocycles. The van der Waals surface area contributed by atoms with E-state index < -0.39 is 17.6 Å². The summed E-state index contributed by atoms with van der Waals surface area (Å²) in [5.74, 6) is -1.70. The second-order valence-corrected chi connectivity index (χ2v) is 5.45. The van der Waals surface area contributed by atoms with Crippen LogP contribution in [0, 0.1) is 11.6 Å². The summed E-state index contributed by atoms with van der Waals surface area (Å²) in [4.78, 5) is 15.8. The number of carbonyl (C=O) groups excluding carboxylic acids is 1. The van der Waals surface area contributed by atoms with Crippen LogP contribution in [-0.2, 0) is 17.7 Å². The van der Waals surface area contributed by atoms with Crippen LogP contribution in [0.3, 0.4) is 0 Å². The second kappa shape index (κ2) is 6.39. The molecule has 6 heteroatoms. The molecule has 1 aromatic carbocycles. The minimum Gasteiger partial charge on any atom is -0.464 e. The van der Waals surface area contributed by atoms with Crippen molar-refractivity contribution in [1.29, 1.82) is 0 Å². The highest BCUT2D eigenvalue weighted by molar-refractivity contribution is 5.93. The van der Waals surface area contributed by atoms with Crippen molar-refractivity contribution < 1.29 is 18.3 Å². The number of methoxy groups -OCH3 is 1. The molecule has 3 rings (SSSR count). The Hall–Kier alpha value is -2.76. The molecule has 2 aromatic heterocycles. The molecule has 3 aromatic rings. The normalized spacial score (nSPS) is 11.0. The maximum atomic E-state index is 13.9. The topological polar surface area (TPSA) is 44.1 Å². The SMILES string of the molecule is CCc1cn(Cc2ccc(F)cc2F)c2cnc(C(=O)OC)cc12. The van der Waals surface area contributed by atoms with Crippen molar-refractivity contribution >= 4 is 16.9 Å². The Morgan fingerprint density at radius 3 is 2.71 bits per heavy atom. The third-order valence-electron chi connectivity index (χ3n) is 3.98. The summed E-state index contributed by atoms with van der Waals surface area (Å²) in [6, 6.07) is 5.21. The van der Waals surface area contributed by atoms with Gasteiger partial charge in [-0.05, 0) is 24.1 Å². The van der Waals surface area contributed by atoms with Crippen LogP contribution in [0.5, 0.6) is 0 Å². The van der Waals surface area contributed by atoms with Gasteiger partial charge in [-0.2, -0.15) is 0 Å². The lowest BCUT2D eigenvalue weighted by atomic mass is 10.1. The fourth-order valence-corrected chi connectivity index (χ4v) is 2.72. The molecule has 0 N–H and O–H groups in total. The Morgan fingerprint density at radius 1 is 1.25 bits per heavy atom. The summed E-state index contributed by atoms with van der Waals surface area (Å²) in [5.41, 5.74) is 2.40. The Bertz CT molecular complexity index is 919. The Morgan fingerprint density at radius 2 is 2.04 bits per heavy atom. The Labute approximate surface area is 137 Å². The Kier molecular flexibility index (Phi) is 4.29. The fourth-order valence-electron chi connectivity index (χ4n) is 2.72. The first-order valence-electron chi connectivity index (χ1n) is 7.53. The van der Waals surface area contributed by atoms with Gasteiger partial charge < -0.3 is 9.30 Å². The minimum atomic E-state index is -0.604. The monoisotopic (exact) mass is 330 g/mol. The molecule has 0 fully saturated rings. The largest absolute Gasteiger partial charge is 0.464 e. The number of aryl methyl sites for hydroxylation is 1. The van der Waals surface area contributed by atoms with Gasteiger partial charge in [0.25, 0.3) is 0 Å². The lowest BCUT2D eigenvalue weighted by Crippen LogP contribution is -2.05. The van der Waals surface area contributed by atoms with E-state index in [1.807, 2.05) is 17.7 Å². The van der Waals surface area contributed by atoms with Gasteiger partial charge in [0.05, 0.1) is 25.4 Å². The molecular formula is C18H16F2N2O2. The fraction of sp³-hybridized carbons (Fsp3) is 0.222. The van der Waals surface area contributed by atoms with Crippen LogP contribution in [-0.4, -0.2) is 22.6 Å². The number of nitrogens with zero attached hydrogens (tertiary/aromatic N) is 2. The Balaban J connectivity index is 2.07. The molecule has 0 saturated carbocycles. The van der Waals surface area contributed by atoms with Crippen molar-refractivity contribution in [2.45, 2.75) is 19.9 Å². The second-order valence-electron chi connectivity index (χ2n) is 5.45. The quantitative estimate of drug-likeness (QED) is 0.685. The number of rotatable bonds is 4. The number of benzene rings is 1. The lowest BCUT2D eigenvalue weighted by molar-refractivity contribution is 0.0594. The van der Waals surface area contributed by atoms with Crippen LogP contribution in [0.1, 0.15) is 28.5 Å². The average Bonchev–Trinajstić information content (AvgIpc) is 2.93. The molecule has 0 aliphatic rings. The van der Waals surface area contributed by atoms with Crippen molar-refractivity contribution in [2.75, 3.05) is 7.11 Å². The van der Waals surface area contributed by atoms with Gasteiger partial charge in [0, 0.05) is 23.2 Å². The van der Waals surface area contributed by atoms with Crippen LogP contribution >= 0.6 is 0 Å². The van der Waals surface area contributed by atoms with Crippen LogP contribution < -0.4 is 0 Å². The molecule has 0 bridgehead atoms. The van der Waals surface area contributed by atoms with E-state index in [0.29, 0.717) is 5.56 Å². The van der Waals surface area contributed by atoms with Crippen molar-refractivity contribution in [3.05, 3.63) is 65.1 Å². The van der Waals surface area contributed by atoms with Crippen LogP contribution in [0.15, 0.2) is 36.7 Å². The zero-order chi connectivity index (χ0) is 17.3. The van der Waals surface area contributed by atoms with E-state index in [4.69, 9.17) is 4.74 Å². The van der Waals surface area contributed by atoms with Gasteiger partial charge in [0.2, 0.25) is 0 Å². The lowest BCUT2D eigenvalue weighted by Gasteiger charge is -2.07. The highest BCUT2D eigenvalue weighted by atomic mass is 19.1. The van der Waals surface area contributed by atoms with Gasteiger partial charge in [0.15, 0.2) is 0 Å². The zero-order valence-electron chi connectivity index (χ0n) is 13.3. The van der Waals surface area contributed by atoms with E-state index in [9.17, 15) is 13.6 Å². The van der Waals surface area contributed by atoms with E-state index >= 15 is 0 Å². The smallest absolute Gasteiger partial charge is 0.356 e. The number of carbonyl (C=O) groups is 1. The predicted octanol–water partition coefficient (Wildman–Crippen LogP) is 3.71. The number of fused-ring (bicyclic) bond motifs is 1. The van der Waals surface area contributed by atoms with Crippen LogP contribution in [0.4, 0.5) is 8.78 Å². The zero-order valence-corrected chi connectivity index (χ0v) is 13.3. The molecule has 0 radical (unpaired) electrons. The highest BCUT2D eigenvalue weighted by Gasteiger charge is 2.14. The van der Waals surface area contributed by atoms with E-state index in [1.54, 1.807) is 12.3 Å². The molecule has 0 spiro atoms. The first kappa shape index (κ1) is 16.1. The van der Waals surface area contributed by atoms with Gasteiger partial charge in [-0.15, -0.1) is 0 Å². The van der Waals surface area contributed by atoms with E-state index in [-0.39, 0.29) is 12.2 Å². The summed E-state index contributed by atoms with van der Waals surface area (Å²) < 4.78 is 33.5. The molecule has 0 aliphatic heterocycles. The molecule has 0 atom stereocenters. The molecule has 124 valence electrons. The summed E-state index contributed by atoms with van der Waals surface area (Å²) in [7, 11) is 1.30. The number of pyridine rings is 1. The standard InChI is InChI=1S/C18H16F2N2O2/c1-3-11-9-22(10-12-4-5-13(19)6-15(12)20)17-8-21-16(7-14(11)17)18(23)24-2/h4-9H,3,10H2,1-2H3. The molecule has 4 nitrogen and oxygen atoms in total. The molecular weight excluding hydrogens is 314 g/mol. The van der Waals surface area contributed by atoms with E-state index in [0.717, 1.165) is 29.0 Å². The van der Waals surface area contributed by atoms with Crippen molar-refractivity contribution in [3.63, 3.8) is 0 Å². The first-order chi connectivity index (χ1) is 11.5. The van der Waals surface area contributed by atoms with Gasteiger partial charge in [-0.1, -0.05) is 13.0 Å². The average molecular weight is 330 g/mol. The summed E-state index contributed by atoms with van der Waals surface area (Å²) in [6.45, 7) is 2.25. The van der Waals surface area contributed by atoms with Crippen molar-refractivity contribution in [2.24, 2.45) is 0 Å². The van der Waals surface area contributed by atoms with Crippen LogP contribution in [0.2, 0.25) is 0 Å². The number of halogens is 2. The van der Waals surface area contributed by atoms with E-state index in [2.05, 4.69) is 4.98 Å². The van der Waals surface area contributed by atoms with Crippen molar-refractivity contribution in [3.8, 4) is 0 Å². The highest BCUT2D eigenvalue weighted by Crippen LogP contribution is 2.24. The summed E-state index contributed by atoms with van der Waals surface area (Å²) >= 11 is 0. The minimum absolute atomic E-state index is 0.227. The molecule has 0 aliphatic carbocycles. The number of esters is 1. The summed E-state index contributed by atoms with van der Waals surface area (Å²) in [6.07, 6.45) is 4.22. The number of hydrogen-bond donors (Lipinski definition) is 0. The summed E-state index contributed by atoms with van der Waals surface area (Å²) in [5, 5.41) is 0.871. The number of aromatic nitrogens is 2. The van der Waals surface area contributed by atoms with Crippen LogP contribution in [0.25, 0.3) is 10.9 Å². The predicted molar refractivity (Wildman–Crippen MR) is 85.9 cm³/mol. The molecule has 0 amide bonds. The van der Waals surface area contributed by atoms with Crippen molar-refractivity contribution in [1.82, 2.24) is 9.55 Å². The maximum Gasteiger partial charge on any atom is 0.356 e. The van der Waals surface area contributed by atoms with Gasteiger partial charge in [-0.3, -0.25) is 0 Å². The first-order valence-corrected chi connectivity index (χ1v) is 7.53. The third-order valence-corrected chi connectivity index (χ3v) is 3.98. The van der Waals surface area contributed by atoms with Gasteiger partial charge in [0.1, 0.15) is 17.3 Å². The maximum absolute atomic E-state index is 13.9. The molecule has 0 unspecified atom stereocenters. The molecule has 2 heterocycles. The van der Waals surface area contributed by atoms with E-state index in [1.165, 1.54) is 19.2 Å². The number of ether oxygens (including phenoxy) is 1.